The highest BCUT2D eigenvalue weighted by Gasteiger charge is 2.53. The summed E-state index contributed by atoms with van der Waals surface area (Å²) < 4.78 is 33.5. The number of para-hydroxylation sites is 1. The molecule has 2 amide bonds. The summed E-state index contributed by atoms with van der Waals surface area (Å²) in [7, 11) is -3.74. The lowest BCUT2D eigenvalue weighted by Crippen LogP contribution is -2.48. The number of ether oxygens (including phenoxy) is 1. The number of benzene rings is 2. The van der Waals surface area contributed by atoms with Crippen LogP contribution in [0.2, 0.25) is 0 Å². The summed E-state index contributed by atoms with van der Waals surface area (Å²) in [5.41, 5.74) is 0.243. The van der Waals surface area contributed by atoms with Crippen LogP contribution < -0.4 is 10.1 Å². The highest BCUT2D eigenvalue weighted by atomic mass is 32.2. The van der Waals surface area contributed by atoms with E-state index in [2.05, 4.69) is 5.32 Å². The van der Waals surface area contributed by atoms with E-state index in [0.29, 0.717) is 43.2 Å². The molecule has 34 heavy (non-hydrogen) atoms. The number of carbonyl (C=O) groups is 2. The molecule has 0 unspecified atom stereocenters. The molecule has 0 radical (unpaired) electrons. The molecule has 2 aliphatic rings. The van der Waals surface area contributed by atoms with Gasteiger partial charge in [-0.25, -0.2) is 8.42 Å². The number of amides is 2. The van der Waals surface area contributed by atoms with Crippen molar-refractivity contribution in [3.8, 4) is 11.5 Å². The van der Waals surface area contributed by atoms with Gasteiger partial charge in [0.25, 0.3) is 0 Å². The highest BCUT2D eigenvalue weighted by molar-refractivity contribution is 8.01. The van der Waals surface area contributed by atoms with E-state index in [1.807, 2.05) is 25.1 Å². The summed E-state index contributed by atoms with van der Waals surface area (Å²) in [4.78, 5) is 27.2. The fraction of sp³-hybridized carbons (Fsp3) is 0.417. The lowest BCUT2D eigenvalue weighted by Gasteiger charge is -2.30. The minimum absolute atomic E-state index is 0.0359. The van der Waals surface area contributed by atoms with E-state index in [-0.39, 0.29) is 27.3 Å². The number of anilines is 1. The Kier molecular flexibility index (Phi) is 6.93. The predicted octanol–water partition coefficient (Wildman–Crippen LogP) is 3.90. The van der Waals surface area contributed by atoms with Crippen LogP contribution in [0.15, 0.2) is 53.4 Å². The maximum Gasteiger partial charge on any atom is 0.248 e. The molecule has 2 fully saturated rings. The van der Waals surface area contributed by atoms with Crippen molar-refractivity contribution >= 4 is 39.3 Å². The Labute approximate surface area is 204 Å². The molecule has 10 heteroatoms. The van der Waals surface area contributed by atoms with Crippen molar-refractivity contribution in [2.24, 2.45) is 0 Å². The molecule has 0 bridgehead atoms. The molecular formula is C24H29N3O5S2. The Morgan fingerprint density at radius 1 is 1.21 bits per heavy atom. The van der Waals surface area contributed by atoms with Crippen molar-refractivity contribution in [1.29, 1.82) is 0 Å². The third-order valence-corrected chi connectivity index (χ3v) is 9.82. The van der Waals surface area contributed by atoms with E-state index in [4.69, 9.17) is 4.74 Å². The first-order valence-electron chi connectivity index (χ1n) is 11.3. The quantitative estimate of drug-likeness (QED) is 0.587. The molecule has 8 nitrogen and oxygen atoms in total. The van der Waals surface area contributed by atoms with E-state index in [9.17, 15) is 18.0 Å². The minimum Gasteiger partial charge on any atom is -0.455 e. The molecule has 0 aliphatic carbocycles. The first-order chi connectivity index (χ1) is 16.2. The van der Waals surface area contributed by atoms with Crippen molar-refractivity contribution in [2.75, 3.05) is 24.2 Å². The van der Waals surface area contributed by atoms with Gasteiger partial charge in [-0.15, -0.1) is 11.8 Å². The third kappa shape index (κ3) is 4.54. The summed E-state index contributed by atoms with van der Waals surface area (Å²) in [5, 5.41) is 2.86. The Bertz CT molecular complexity index is 1180. The number of thioether (sulfide) groups is 1. The molecular weight excluding hydrogens is 474 g/mol. The zero-order chi connectivity index (χ0) is 24.5. The van der Waals surface area contributed by atoms with E-state index in [0.717, 1.165) is 0 Å². The fourth-order valence-corrected chi connectivity index (χ4v) is 7.33. The second-order valence-electron chi connectivity index (χ2n) is 8.42. The second kappa shape index (κ2) is 9.59. The number of carbonyl (C=O) groups excluding carboxylic acids is 2. The average Bonchev–Trinajstić information content (AvgIpc) is 3.31. The lowest BCUT2D eigenvalue weighted by molar-refractivity contribution is -0.135. The van der Waals surface area contributed by atoms with Gasteiger partial charge in [-0.05, 0) is 43.7 Å². The van der Waals surface area contributed by atoms with Gasteiger partial charge in [0.1, 0.15) is 11.8 Å². The third-order valence-electron chi connectivity index (χ3n) is 6.27. The summed E-state index contributed by atoms with van der Waals surface area (Å²) >= 11 is 1.60. The Hall–Kier alpha value is -2.56. The maximum absolute atomic E-state index is 13.3. The smallest absolute Gasteiger partial charge is 0.248 e. The van der Waals surface area contributed by atoms with Crippen LogP contribution in [-0.4, -0.2) is 59.2 Å². The van der Waals surface area contributed by atoms with E-state index >= 15 is 0 Å². The standard InChI is InChI=1S/C24H29N3O5S2/c1-4-26(5-2)34(30,31)18-11-12-21(32-17-9-7-6-8-10-17)19(15-18)25-23(29)20-16-33-24(3)14-13-22(28)27(20)24/h6-12,15,20H,4-5,13-14,16H2,1-3H3,(H,25,29)/t20-,24-/m1/s1. The molecule has 0 aromatic heterocycles. The Balaban J connectivity index is 1.68. The van der Waals surface area contributed by atoms with Crippen LogP contribution in [0.3, 0.4) is 0 Å². The van der Waals surface area contributed by atoms with E-state index in [1.165, 1.54) is 16.4 Å². The second-order valence-corrected chi connectivity index (χ2v) is 11.9. The normalized spacial score (nSPS) is 22.2. The molecule has 0 saturated carbocycles. The van der Waals surface area contributed by atoms with Gasteiger partial charge in [-0.3, -0.25) is 9.59 Å². The number of hydrogen-bond acceptors (Lipinski definition) is 6. The molecule has 2 aliphatic heterocycles. The van der Waals surface area contributed by atoms with Gasteiger partial charge in [0.15, 0.2) is 5.75 Å². The minimum atomic E-state index is -3.74. The van der Waals surface area contributed by atoms with Gasteiger partial charge in [0, 0.05) is 25.3 Å². The van der Waals surface area contributed by atoms with Gasteiger partial charge in [0.2, 0.25) is 21.8 Å². The molecule has 2 heterocycles. The molecule has 2 aromatic rings. The summed E-state index contributed by atoms with van der Waals surface area (Å²) in [6, 6.07) is 12.9. The summed E-state index contributed by atoms with van der Waals surface area (Å²) in [6.45, 7) is 6.20. The van der Waals surface area contributed by atoms with Gasteiger partial charge >= 0.3 is 0 Å². The average molecular weight is 504 g/mol. The van der Waals surface area contributed by atoms with Crippen LogP contribution >= 0.6 is 11.8 Å². The highest BCUT2D eigenvalue weighted by Crippen LogP contribution is 2.47. The van der Waals surface area contributed by atoms with Crippen molar-refractivity contribution in [1.82, 2.24) is 9.21 Å². The van der Waals surface area contributed by atoms with Crippen LogP contribution in [0.5, 0.6) is 11.5 Å². The largest absolute Gasteiger partial charge is 0.455 e. The number of hydrogen-bond donors (Lipinski definition) is 1. The molecule has 2 aromatic carbocycles. The first-order valence-corrected chi connectivity index (χ1v) is 13.8. The molecule has 4 rings (SSSR count). The predicted molar refractivity (Wildman–Crippen MR) is 132 cm³/mol. The Morgan fingerprint density at radius 2 is 1.91 bits per heavy atom. The number of sulfonamides is 1. The Morgan fingerprint density at radius 3 is 2.59 bits per heavy atom. The molecule has 1 N–H and O–H groups in total. The van der Waals surface area contributed by atoms with E-state index in [1.54, 1.807) is 48.7 Å². The van der Waals surface area contributed by atoms with Gasteiger partial charge < -0.3 is 15.0 Å². The molecule has 0 spiro atoms. The van der Waals surface area contributed by atoms with Crippen molar-refractivity contribution in [3.05, 3.63) is 48.5 Å². The molecule has 2 atom stereocenters. The van der Waals surface area contributed by atoms with Crippen molar-refractivity contribution < 1.29 is 22.7 Å². The van der Waals surface area contributed by atoms with Gasteiger partial charge in [-0.2, -0.15) is 4.31 Å². The van der Waals surface area contributed by atoms with Crippen LogP contribution in [0.25, 0.3) is 0 Å². The van der Waals surface area contributed by atoms with Crippen molar-refractivity contribution in [2.45, 2.75) is 49.4 Å². The number of rotatable bonds is 8. The van der Waals surface area contributed by atoms with Gasteiger partial charge in [-0.1, -0.05) is 32.0 Å². The molecule has 182 valence electrons. The van der Waals surface area contributed by atoms with Crippen LogP contribution in [0.1, 0.15) is 33.6 Å². The zero-order valence-electron chi connectivity index (χ0n) is 19.5. The number of nitrogens with zero attached hydrogens (tertiary/aromatic N) is 2. The van der Waals surface area contributed by atoms with E-state index < -0.39 is 16.1 Å². The summed E-state index contributed by atoms with van der Waals surface area (Å²) in [6.07, 6.45) is 1.13. The number of nitrogens with one attached hydrogen (secondary N) is 1. The fourth-order valence-electron chi connectivity index (χ4n) is 4.42. The SMILES string of the molecule is CCN(CC)S(=O)(=O)c1ccc(Oc2ccccc2)c(NC(=O)[C@H]2CS[C@]3(C)CCC(=O)N23)c1. The molecule has 2 saturated heterocycles. The van der Waals surface area contributed by atoms with Gasteiger partial charge in [0.05, 0.1) is 15.5 Å². The first kappa shape index (κ1) is 24.6. The maximum atomic E-state index is 13.3. The topological polar surface area (TPSA) is 96.0 Å². The summed E-state index contributed by atoms with van der Waals surface area (Å²) in [5.74, 6) is 0.962. The monoisotopic (exact) mass is 503 g/mol. The van der Waals surface area contributed by atoms with Crippen LogP contribution in [-0.2, 0) is 19.6 Å². The van der Waals surface area contributed by atoms with Crippen LogP contribution in [0.4, 0.5) is 5.69 Å². The zero-order valence-corrected chi connectivity index (χ0v) is 21.1. The number of fused-ring (bicyclic) bond motifs is 1. The van der Waals surface area contributed by atoms with Crippen molar-refractivity contribution in [3.63, 3.8) is 0 Å². The lowest BCUT2D eigenvalue weighted by atomic mass is 10.2. The van der Waals surface area contributed by atoms with Crippen LogP contribution in [0, 0.1) is 0 Å².